The number of halogens is 2. The number of carbonyl (C=O) groups is 1. The predicted molar refractivity (Wildman–Crippen MR) is 83.8 cm³/mol. The van der Waals surface area contributed by atoms with E-state index in [1.165, 1.54) is 24.3 Å². The van der Waals surface area contributed by atoms with E-state index in [0.29, 0.717) is 5.75 Å². The molecule has 1 unspecified atom stereocenters. The van der Waals surface area contributed by atoms with Gasteiger partial charge in [0.1, 0.15) is 24.3 Å². The molecule has 1 amide bonds. The quantitative estimate of drug-likeness (QED) is 0.729. The molecule has 0 aliphatic carbocycles. The first-order valence-electron chi connectivity index (χ1n) is 7.20. The van der Waals surface area contributed by atoms with Crippen LogP contribution in [0.1, 0.15) is 12.8 Å². The van der Waals surface area contributed by atoms with E-state index in [1.54, 1.807) is 0 Å². The molecule has 3 N–H and O–H groups in total. The zero-order chi connectivity index (χ0) is 15.1. The van der Waals surface area contributed by atoms with Crippen molar-refractivity contribution in [3.05, 3.63) is 30.1 Å². The zero-order valence-corrected chi connectivity index (χ0v) is 13.1. The molecule has 1 atom stereocenters. The van der Waals surface area contributed by atoms with Crippen LogP contribution < -0.4 is 15.4 Å². The fourth-order valence-corrected chi connectivity index (χ4v) is 2.23. The molecule has 1 fully saturated rings. The molecule has 1 aliphatic rings. The second-order valence-electron chi connectivity index (χ2n) is 5.19. The van der Waals surface area contributed by atoms with Crippen molar-refractivity contribution in [3.8, 4) is 5.75 Å². The first-order valence-corrected chi connectivity index (χ1v) is 7.20. The van der Waals surface area contributed by atoms with Gasteiger partial charge in [0.2, 0.25) is 5.91 Å². The van der Waals surface area contributed by atoms with Gasteiger partial charge < -0.3 is 20.5 Å². The third-order valence-corrected chi connectivity index (χ3v) is 3.48. The Morgan fingerprint density at radius 2 is 2.00 bits per heavy atom. The molecule has 1 aliphatic heterocycles. The van der Waals surface area contributed by atoms with Gasteiger partial charge in [-0.3, -0.25) is 4.79 Å². The monoisotopic (exact) mass is 332 g/mol. The second kappa shape index (κ2) is 9.61. The lowest BCUT2D eigenvalue weighted by atomic mass is 9.97. The van der Waals surface area contributed by atoms with Crippen LogP contribution in [-0.4, -0.2) is 43.4 Å². The summed E-state index contributed by atoms with van der Waals surface area (Å²) >= 11 is 0. The largest absolute Gasteiger partial charge is 0.491 e. The van der Waals surface area contributed by atoms with Gasteiger partial charge in [-0.25, -0.2) is 4.39 Å². The van der Waals surface area contributed by atoms with Crippen molar-refractivity contribution in [2.45, 2.75) is 18.9 Å². The summed E-state index contributed by atoms with van der Waals surface area (Å²) in [7, 11) is 0. The summed E-state index contributed by atoms with van der Waals surface area (Å²) in [5, 5.41) is 15.7. The molecule has 2 rings (SSSR count). The number of amides is 1. The van der Waals surface area contributed by atoms with E-state index in [4.69, 9.17) is 4.74 Å². The van der Waals surface area contributed by atoms with Crippen molar-refractivity contribution in [3.63, 3.8) is 0 Å². The van der Waals surface area contributed by atoms with Crippen molar-refractivity contribution in [1.29, 1.82) is 0 Å². The predicted octanol–water partition coefficient (Wildman–Crippen LogP) is 1.10. The molecule has 1 aromatic rings. The molecule has 1 saturated heterocycles. The summed E-state index contributed by atoms with van der Waals surface area (Å²) in [6.07, 6.45) is 0.864. The van der Waals surface area contributed by atoms with E-state index in [-0.39, 0.29) is 43.2 Å². The van der Waals surface area contributed by atoms with Crippen molar-refractivity contribution >= 4 is 18.3 Å². The maximum atomic E-state index is 12.7. The van der Waals surface area contributed by atoms with Gasteiger partial charge in [-0.1, -0.05) is 0 Å². The van der Waals surface area contributed by atoms with Crippen LogP contribution in [0, 0.1) is 11.7 Å². The fraction of sp³-hybridized carbons (Fsp3) is 0.533. The molecule has 1 aromatic carbocycles. The zero-order valence-electron chi connectivity index (χ0n) is 12.3. The van der Waals surface area contributed by atoms with Crippen LogP contribution in [0.25, 0.3) is 0 Å². The van der Waals surface area contributed by atoms with Gasteiger partial charge in [-0.15, -0.1) is 12.4 Å². The maximum Gasteiger partial charge on any atom is 0.223 e. The van der Waals surface area contributed by atoms with E-state index in [2.05, 4.69) is 10.6 Å². The lowest BCUT2D eigenvalue weighted by Gasteiger charge is -2.22. The topological polar surface area (TPSA) is 70.6 Å². The average molecular weight is 333 g/mol. The highest BCUT2D eigenvalue weighted by atomic mass is 35.5. The van der Waals surface area contributed by atoms with Crippen molar-refractivity contribution in [1.82, 2.24) is 10.6 Å². The van der Waals surface area contributed by atoms with Crippen LogP contribution in [0.3, 0.4) is 0 Å². The van der Waals surface area contributed by atoms with Crippen LogP contribution in [-0.2, 0) is 4.79 Å². The van der Waals surface area contributed by atoms with Gasteiger partial charge in [0.15, 0.2) is 0 Å². The van der Waals surface area contributed by atoms with Gasteiger partial charge >= 0.3 is 0 Å². The summed E-state index contributed by atoms with van der Waals surface area (Å²) in [6.45, 7) is 1.92. The molecule has 0 saturated carbocycles. The minimum atomic E-state index is -0.791. The van der Waals surface area contributed by atoms with Crippen LogP contribution in [0.2, 0.25) is 0 Å². The smallest absolute Gasteiger partial charge is 0.223 e. The number of carbonyl (C=O) groups excluding carboxylic acids is 1. The third kappa shape index (κ3) is 6.17. The molecule has 0 radical (unpaired) electrons. The number of nitrogens with one attached hydrogen (secondary N) is 2. The Morgan fingerprint density at radius 1 is 1.36 bits per heavy atom. The summed E-state index contributed by atoms with van der Waals surface area (Å²) < 4.78 is 18.0. The minimum Gasteiger partial charge on any atom is -0.491 e. The van der Waals surface area contributed by atoms with Crippen LogP contribution in [0.15, 0.2) is 24.3 Å². The number of aliphatic hydroxyl groups excluding tert-OH is 1. The van der Waals surface area contributed by atoms with E-state index < -0.39 is 6.10 Å². The van der Waals surface area contributed by atoms with Crippen LogP contribution in [0.4, 0.5) is 4.39 Å². The number of aliphatic hydroxyl groups is 1. The fourth-order valence-electron chi connectivity index (χ4n) is 2.23. The lowest BCUT2D eigenvalue weighted by Crippen LogP contribution is -2.42. The highest BCUT2D eigenvalue weighted by Crippen LogP contribution is 2.12. The van der Waals surface area contributed by atoms with Gasteiger partial charge in [-0.2, -0.15) is 0 Å². The van der Waals surface area contributed by atoms with Crippen LogP contribution >= 0.6 is 12.4 Å². The van der Waals surface area contributed by atoms with Crippen molar-refractivity contribution in [2.24, 2.45) is 5.92 Å². The number of piperidine rings is 1. The Labute approximate surface area is 135 Å². The lowest BCUT2D eigenvalue weighted by molar-refractivity contribution is -0.126. The summed E-state index contributed by atoms with van der Waals surface area (Å²) in [6, 6.07) is 5.58. The van der Waals surface area contributed by atoms with E-state index >= 15 is 0 Å². The van der Waals surface area contributed by atoms with Gasteiger partial charge in [0.25, 0.3) is 0 Å². The molecule has 124 valence electrons. The van der Waals surface area contributed by atoms with E-state index in [1.807, 2.05) is 0 Å². The Kier molecular flexibility index (Phi) is 8.16. The first kappa shape index (κ1) is 18.7. The SMILES string of the molecule is Cl.O=C(NCC(O)COc1ccc(F)cc1)C1CCNCC1. The Morgan fingerprint density at radius 3 is 2.64 bits per heavy atom. The molecule has 1 heterocycles. The normalized spacial score (nSPS) is 16.5. The number of benzene rings is 1. The second-order valence-corrected chi connectivity index (χ2v) is 5.19. The minimum absolute atomic E-state index is 0. The molecular weight excluding hydrogens is 311 g/mol. The molecule has 7 heteroatoms. The van der Waals surface area contributed by atoms with Crippen molar-refractivity contribution < 1.29 is 19.0 Å². The van der Waals surface area contributed by atoms with Crippen LogP contribution in [0.5, 0.6) is 5.75 Å². The van der Waals surface area contributed by atoms with E-state index in [0.717, 1.165) is 25.9 Å². The standard InChI is InChI=1S/C15H21FN2O3.ClH/c16-12-1-3-14(4-2-12)21-10-13(19)9-18-15(20)11-5-7-17-8-6-11;/h1-4,11,13,17,19H,5-10H2,(H,18,20);1H. The number of ether oxygens (including phenoxy) is 1. The highest BCUT2D eigenvalue weighted by Gasteiger charge is 2.21. The molecule has 5 nitrogen and oxygen atoms in total. The Balaban J connectivity index is 0.00000242. The molecular formula is C15H22ClFN2O3. The molecule has 0 bridgehead atoms. The van der Waals surface area contributed by atoms with Gasteiger partial charge in [-0.05, 0) is 50.2 Å². The third-order valence-electron chi connectivity index (χ3n) is 3.48. The Hall–Kier alpha value is -1.37. The van der Waals surface area contributed by atoms with E-state index in [9.17, 15) is 14.3 Å². The molecule has 22 heavy (non-hydrogen) atoms. The molecule has 0 spiro atoms. The number of hydrogen-bond acceptors (Lipinski definition) is 4. The maximum absolute atomic E-state index is 12.7. The first-order chi connectivity index (χ1) is 10.1. The number of hydrogen-bond donors (Lipinski definition) is 3. The Bertz CT molecular complexity index is 453. The summed E-state index contributed by atoms with van der Waals surface area (Å²) in [5.74, 6) is 0.158. The van der Waals surface area contributed by atoms with Gasteiger partial charge in [0.05, 0.1) is 0 Å². The highest BCUT2D eigenvalue weighted by molar-refractivity contribution is 5.85. The number of rotatable bonds is 6. The summed E-state index contributed by atoms with van der Waals surface area (Å²) in [4.78, 5) is 11.9. The molecule has 0 aromatic heterocycles. The average Bonchev–Trinajstić information content (AvgIpc) is 2.53. The summed E-state index contributed by atoms with van der Waals surface area (Å²) in [5.41, 5.74) is 0. The van der Waals surface area contributed by atoms with Crippen molar-refractivity contribution in [2.75, 3.05) is 26.2 Å². The van der Waals surface area contributed by atoms with Gasteiger partial charge in [0, 0.05) is 12.5 Å².